The van der Waals surface area contributed by atoms with E-state index in [9.17, 15) is 13.2 Å². The highest BCUT2D eigenvalue weighted by Crippen LogP contribution is 2.29. The fourth-order valence-corrected chi connectivity index (χ4v) is 2.26. The molecule has 92 valence electrons. The van der Waals surface area contributed by atoms with Crippen LogP contribution < -0.4 is 10.6 Å². The average molecular weight is 262 g/mol. The maximum absolute atomic E-state index is 12.3. The van der Waals surface area contributed by atoms with Crippen LogP contribution in [0.5, 0.6) is 0 Å². The molecule has 0 amide bonds. The number of nitrogen functional groups attached to an aromatic ring is 1. The van der Waals surface area contributed by atoms with Crippen LogP contribution in [0.1, 0.15) is 0 Å². The summed E-state index contributed by atoms with van der Waals surface area (Å²) in [7, 11) is 1.33. The summed E-state index contributed by atoms with van der Waals surface area (Å²) in [6, 6.07) is 1.68. The van der Waals surface area contributed by atoms with Crippen molar-refractivity contribution < 1.29 is 13.2 Å². The summed E-state index contributed by atoms with van der Waals surface area (Å²) >= 11 is 1.31. The SMILES string of the molecule is CN(CC(F)(F)F)c1nc(N)nc2sccc12. The lowest BCUT2D eigenvalue weighted by molar-refractivity contribution is -0.119. The number of nitrogens with two attached hydrogens (primary N) is 1. The summed E-state index contributed by atoms with van der Waals surface area (Å²) in [5.74, 6) is 0.176. The van der Waals surface area contributed by atoms with E-state index in [0.29, 0.717) is 10.2 Å². The highest BCUT2D eigenvalue weighted by molar-refractivity contribution is 7.16. The molecular weight excluding hydrogens is 253 g/mol. The van der Waals surface area contributed by atoms with Gasteiger partial charge in [0.1, 0.15) is 17.2 Å². The Balaban J connectivity index is 2.43. The normalized spacial score (nSPS) is 12.0. The second-order valence-electron chi connectivity index (χ2n) is 3.52. The average Bonchev–Trinajstić information content (AvgIpc) is 2.60. The van der Waals surface area contributed by atoms with Crippen LogP contribution in [0, 0.1) is 0 Å². The van der Waals surface area contributed by atoms with Gasteiger partial charge in [0, 0.05) is 7.05 Å². The molecule has 2 aromatic heterocycles. The highest BCUT2D eigenvalue weighted by Gasteiger charge is 2.30. The molecule has 2 N–H and O–H groups in total. The number of anilines is 2. The van der Waals surface area contributed by atoms with Gasteiger partial charge in [-0.2, -0.15) is 18.2 Å². The van der Waals surface area contributed by atoms with Gasteiger partial charge in [0.2, 0.25) is 5.95 Å². The zero-order valence-corrected chi connectivity index (χ0v) is 9.64. The van der Waals surface area contributed by atoms with Gasteiger partial charge >= 0.3 is 6.18 Å². The minimum atomic E-state index is -4.28. The topological polar surface area (TPSA) is 55.0 Å². The molecule has 8 heteroatoms. The second-order valence-corrected chi connectivity index (χ2v) is 4.41. The third kappa shape index (κ3) is 2.57. The Morgan fingerprint density at radius 1 is 1.41 bits per heavy atom. The quantitative estimate of drug-likeness (QED) is 0.902. The second kappa shape index (κ2) is 4.02. The van der Waals surface area contributed by atoms with E-state index in [-0.39, 0.29) is 11.8 Å². The van der Waals surface area contributed by atoms with Crippen molar-refractivity contribution in [3.8, 4) is 0 Å². The molecule has 0 saturated heterocycles. The summed E-state index contributed by atoms with van der Waals surface area (Å²) < 4.78 is 36.9. The van der Waals surface area contributed by atoms with Crippen molar-refractivity contribution in [3.63, 3.8) is 0 Å². The lowest BCUT2D eigenvalue weighted by Gasteiger charge is -2.20. The summed E-state index contributed by atoms with van der Waals surface area (Å²) in [6.45, 7) is -1.08. The van der Waals surface area contributed by atoms with Crippen LogP contribution >= 0.6 is 11.3 Å². The van der Waals surface area contributed by atoms with Gasteiger partial charge < -0.3 is 10.6 Å². The van der Waals surface area contributed by atoms with Gasteiger partial charge in [-0.3, -0.25) is 0 Å². The summed E-state index contributed by atoms with van der Waals surface area (Å²) in [6.07, 6.45) is -4.28. The molecule has 17 heavy (non-hydrogen) atoms. The molecule has 0 aliphatic heterocycles. The Bertz CT molecular complexity index is 537. The number of hydrogen-bond acceptors (Lipinski definition) is 5. The summed E-state index contributed by atoms with van der Waals surface area (Å²) in [5, 5.41) is 2.32. The lowest BCUT2D eigenvalue weighted by Crippen LogP contribution is -2.31. The number of nitrogens with zero attached hydrogens (tertiary/aromatic N) is 3. The molecule has 2 aromatic rings. The van der Waals surface area contributed by atoms with Crippen molar-refractivity contribution in [2.75, 3.05) is 24.2 Å². The fourth-order valence-electron chi connectivity index (χ4n) is 1.49. The van der Waals surface area contributed by atoms with E-state index in [1.165, 1.54) is 18.4 Å². The van der Waals surface area contributed by atoms with E-state index in [1.807, 2.05) is 0 Å². The molecule has 0 bridgehead atoms. The van der Waals surface area contributed by atoms with E-state index in [0.717, 1.165) is 4.90 Å². The fraction of sp³-hybridized carbons (Fsp3) is 0.333. The van der Waals surface area contributed by atoms with Gasteiger partial charge in [0.05, 0.1) is 5.39 Å². The molecule has 0 aromatic carbocycles. The Labute approximate surface area is 98.9 Å². The third-order valence-electron chi connectivity index (χ3n) is 2.10. The highest BCUT2D eigenvalue weighted by atomic mass is 32.1. The zero-order valence-electron chi connectivity index (χ0n) is 8.82. The number of hydrogen-bond donors (Lipinski definition) is 1. The largest absolute Gasteiger partial charge is 0.405 e. The van der Waals surface area contributed by atoms with Crippen molar-refractivity contribution >= 4 is 33.3 Å². The number of halogens is 3. The molecule has 0 atom stereocenters. The minimum Gasteiger partial charge on any atom is -0.368 e. The number of fused-ring (bicyclic) bond motifs is 1. The number of thiophene rings is 1. The molecule has 0 aliphatic rings. The standard InChI is InChI=1S/C9H9F3N4S/c1-16(4-9(10,11)12)6-5-2-3-17-7(5)15-8(13)14-6/h2-3H,4H2,1H3,(H2,13,14,15). The molecular formula is C9H9F3N4S. The Morgan fingerprint density at radius 2 is 2.12 bits per heavy atom. The van der Waals surface area contributed by atoms with Crippen molar-refractivity contribution in [2.24, 2.45) is 0 Å². The molecule has 0 unspecified atom stereocenters. The number of rotatable bonds is 2. The Morgan fingerprint density at radius 3 is 2.76 bits per heavy atom. The first-order chi connectivity index (χ1) is 7.87. The van der Waals surface area contributed by atoms with Crippen molar-refractivity contribution in [1.82, 2.24) is 9.97 Å². The van der Waals surface area contributed by atoms with Crippen LogP contribution in [-0.2, 0) is 0 Å². The Hall–Kier alpha value is -1.57. The van der Waals surface area contributed by atoms with Crippen LogP contribution in [0.3, 0.4) is 0 Å². The maximum Gasteiger partial charge on any atom is 0.405 e. The van der Waals surface area contributed by atoms with Gasteiger partial charge in [0.15, 0.2) is 0 Å². The van der Waals surface area contributed by atoms with Crippen LogP contribution in [-0.4, -0.2) is 29.7 Å². The molecule has 0 radical (unpaired) electrons. The van der Waals surface area contributed by atoms with E-state index in [2.05, 4.69) is 9.97 Å². The van der Waals surface area contributed by atoms with Gasteiger partial charge in [-0.25, -0.2) is 4.98 Å². The summed E-state index contributed by atoms with van der Waals surface area (Å²) in [5.41, 5.74) is 5.46. The zero-order chi connectivity index (χ0) is 12.6. The first-order valence-corrected chi connectivity index (χ1v) is 5.53. The van der Waals surface area contributed by atoms with Gasteiger partial charge in [-0.15, -0.1) is 11.3 Å². The molecule has 0 aliphatic carbocycles. The third-order valence-corrected chi connectivity index (χ3v) is 2.91. The Kier molecular flexibility index (Phi) is 2.82. The molecule has 4 nitrogen and oxygen atoms in total. The van der Waals surface area contributed by atoms with Crippen LogP contribution in [0.25, 0.3) is 10.2 Å². The number of aromatic nitrogens is 2. The number of alkyl halides is 3. The van der Waals surface area contributed by atoms with E-state index in [4.69, 9.17) is 5.73 Å². The van der Waals surface area contributed by atoms with Crippen molar-refractivity contribution in [3.05, 3.63) is 11.4 Å². The first kappa shape index (κ1) is 11.9. The molecule has 0 spiro atoms. The molecule has 2 rings (SSSR count). The van der Waals surface area contributed by atoms with Crippen LogP contribution in [0.2, 0.25) is 0 Å². The summed E-state index contributed by atoms with van der Waals surface area (Å²) in [4.78, 5) is 9.42. The predicted octanol–water partition coefficient (Wildman–Crippen LogP) is 2.27. The predicted molar refractivity (Wildman–Crippen MR) is 61.2 cm³/mol. The van der Waals surface area contributed by atoms with E-state index < -0.39 is 12.7 Å². The minimum absolute atomic E-state index is 0.0241. The molecule has 0 fully saturated rings. The monoisotopic (exact) mass is 262 g/mol. The van der Waals surface area contributed by atoms with Gasteiger partial charge in [0.25, 0.3) is 0 Å². The van der Waals surface area contributed by atoms with Crippen LogP contribution in [0.15, 0.2) is 11.4 Å². The first-order valence-electron chi connectivity index (χ1n) is 4.65. The maximum atomic E-state index is 12.3. The van der Waals surface area contributed by atoms with Crippen molar-refractivity contribution in [1.29, 1.82) is 0 Å². The van der Waals surface area contributed by atoms with Crippen LogP contribution in [0.4, 0.5) is 24.9 Å². The van der Waals surface area contributed by atoms with Gasteiger partial charge in [-0.1, -0.05) is 0 Å². The molecule has 0 saturated carbocycles. The van der Waals surface area contributed by atoms with Crippen molar-refractivity contribution in [2.45, 2.75) is 6.18 Å². The van der Waals surface area contributed by atoms with Gasteiger partial charge in [-0.05, 0) is 11.4 Å². The van der Waals surface area contributed by atoms with E-state index in [1.54, 1.807) is 11.4 Å². The smallest absolute Gasteiger partial charge is 0.368 e. The van der Waals surface area contributed by atoms with E-state index >= 15 is 0 Å². The molecule has 2 heterocycles. The lowest BCUT2D eigenvalue weighted by atomic mass is 10.3.